The molecule has 4 saturated heterocycles. The summed E-state index contributed by atoms with van der Waals surface area (Å²) in [6.07, 6.45) is -0.659. The van der Waals surface area contributed by atoms with Gasteiger partial charge in [-0.25, -0.2) is 0 Å². The fraction of sp³-hybridized carbons (Fsp3) is 0.810. The zero-order chi connectivity index (χ0) is 22.3. The molecule has 8 nitrogen and oxygen atoms in total. The number of ether oxygens (including phenoxy) is 5. The highest BCUT2D eigenvalue weighted by Gasteiger charge is 2.71. The van der Waals surface area contributed by atoms with Gasteiger partial charge >= 0.3 is 5.97 Å². The SMILES string of the molecule is C=C(I)C[C@H](Cl)CCC(=O)C[C@@]12O[C@@H]3C(O[C@H]4CCC(CC(=O)OC)OC4[C@@H]3O1)[C@H]2O. The Labute approximate surface area is 200 Å². The summed E-state index contributed by atoms with van der Waals surface area (Å²) in [6.45, 7) is 3.83. The minimum Gasteiger partial charge on any atom is -0.469 e. The molecule has 174 valence electrons. The first-order valence-corrected chi connectivity index (χ1v) is 12.1. The molecule has 0 saturated carbocycles. The van der Waals surface area contributed by atoms with Gasteiger partial charge in [-0.2, -0.15) is 0 Å². The van der Waals surface area contributed by atoms with Gasteiger partial charge in [0.15, 0.2) is 0 Å². The molecule has 0 aliphatic carbocycles. The van der Waals surface area contributed by atoms with Gasteiger partial charge in [0.05, 0.1) is 32.2 Å². The molecule has 1 N–H and O–H groups in total. The van der Waals surface area contributed by atoms with E-state index in [1.165, 1.54) is 7.11 Å². The Morgan fingerprint density at radius 1 is 1.23 bits per heavy atom. The minimum atomic E-state index is -1.42. The van der Waals surface area contributed by atoms with Crippen molar-refractivity contribution in [3.8, 4) is 0 Å². The number of hydrogen-bond acceptors (Lipinski definition) is 8. The largest absolute Gasteiger partial charge is 0.469 e. The van der Waals surface area contributed by atoms with Crippen LogP contribution in [0.3, 0.4) is 0 Å². The van der Waals surface area contributed by atoms with Crippen LogP contribution in [0.15, 0.2) is 10.2 Å². The van der Waals surface area contributed by atoms with E-state index in [0.29, 0.717) is 25.7 Å². The van der Waals surface area contributed by atoms with Gasteiger partial charge in [0.25, 0.3) is 0 Å². The molecule has 4 heterocycles. The van der Waals surface area contributed by atoms with Crippen LogP contribution < -0.4 is 0 Å². The number of allylic oxidation sites excluding steroid dienone is 1. The van der Waals surface area contributed by atoms with Gasteiger partial charge in [0, 0.05) is 11.8 Å². The number of esters is 1. The molecule has 0 radical (unpaired) electrons. The van der Waals surface area contributed by atoms with Crippen LogP contribution in [0.2, 0.25) is 0 Å². The second-order valence-corrected chi connectivity index (χ2v) is 10.9. The Bertz CT molecular complexity index is 734. The summed E-state index contributed by atoms with van der Waals surface area (Å²) in [5.74, 6) is -1.84. The van der Waals surface area contributed by atoms with Crippen LogP contribution >= 0.6 is 34.2 Å². The highest BCUT2D eigenvalue weighted by Crippen LogP contribution is 2.52. The summed E-state index contributed by atoms with van der Waals surface area (Å²) in [5.41, 5.74) is 0. The number of hydrogen-bond donors (Lipinski definition) is 1. The number of aliphatic hydroxyl groups is 1. The molecule has 31 heavy (non-hydrogen) atoms. The van der Waals surface area contributed by atoms with Gasteiger partial charge in [-0.1, -0.05) is 6.58 Å². The normalized spacial score (nSPS) is 41.5. The monoisotopic (exact) mass is 570 g/mol. The van der Waals surface area contributed by atoms with Gasteiger partial charge in [0.1, 0.15) is 36.3 Å². The molecule has 10 heteroatoms. The summed E-state index contributed by atoms with van der Waals surface area (Å²) in [4.78, 5) is 24.3. The zero-order valence-corrected chi connectivity index (χ0v) is 20.2. The molecule has 0 aromatic heterocycles. The number of carbonyl (C=O) groups excluding carboxylic acids is 2. The number of fused-ring (bicyclic) bond motifs is 3. The number of rotatable bonds is 9. The van der Waals surface area contributed by atoms with Crippen LogP contribution in [0.5, 0.6) is 0 Å². The summed E-state index contributed by atoms with van der Waals surface area (Å²) in [6, 6.07) is 0. The van der Waals surface area contributed by atoms with Crippen molar-refractivity contribution in [2.75, 3.05) is 7.11 Å². The molecule has 4 fully saturated rings. The maximum atomic E-state index is 12.6. The van der Waals surface area contributed by atoms with E-state index in [0.717, 1.165) is 3.58 Å². The predicted molar refractivity (Wildman–Crippen MR) is 118 cm³/mol. The lowest BCUT2D eigenvalue weighted by Crippen LogP contribution is -2.65. The highest BCUT2D eigenvalue weighted by molar-refractivity contribution is 14.1. The van der Waals surface area contributed by atoms with Crippen LogP contribution in [0.4, 0.5) is 0 Å². The number of Topliss-reactive ketones (excluding diaryl/α,β-unsaturated/α-hetero) is 1. The quantitative estimate of drug-likeness (QED) is 0.256. The number of aliphatic hydroxyl groups excluding tert-OH is 1. The van der Waals surface area contributed by atoms with Gasteiger partial charge in [0.2, 0.25) is 5.79 Å². The lowest BCUT2D eigenvalue weighted by Gasteiger charge is -2.49. The van der Waals surface area contributed by atoms with Crippen molar-refractivity contribution in [2.45, 2.75) is 98.8 Å². The van der Waals surface area contributed by atoms with E-state index in [-0.39, 0.29) is 48.6 Å². The smallest absolute Gasteiger partial charge is 0.308 e. The lowest BCUT2D eigenvalue weighted by atomic mass is 9.84. The fourth-order valence-corrected chi connectivity index (χ4v) is 6.10. The number of methoxy groups -OCH3 is 1. The van der Waals surface area contributed by atoms with Crippen molar-refractivity contribution >= 4 is 45.9 Å². The average molecular weight is 571 g/mol. The highest BCUT2D eigenvalue weighted by atomic mass is 127. The summed E-state index contributed by atoms with van der Waals surface area (Å²) in [7, 11) is 1.35. The number of carbonyl (C=O) groups is 2. The first kappa shape index (κ1) is 23.8. The van der Waals surface area contributed by atoms with E-state index >= 15 is 0 Å². The molecule has 4 aliphatic heterocycles. The number of alkyl halides is 1. The summed E-state index contributed by atoms with van der Waals surface area (Å²) >= 11 is 8.38. The molecule has 0 aromatic rings. The Kier molecular flexibility index (Phi) is 7.32. The van der Waals surface area contributed by atoms with Crippen LogP contribution in [0, 0.1) is 0 Å². The third-order valence-electron chi connectivity index (χ3n) is 6.47. The second kappa shape index (κ2) is 9.52. The van der Waals surface area contributed by atoms with E-state index < -0.39 is 36.3 Å². The van der Waals surface area contributed by atoms with Crippen LogP contribution in [0.25, 0.3) is 0 Å². The standard InChI is InChI=1S/C21H28ClIO8/c1-10(23)7-11(22)3-4-12(24)9-21-20(26)19-18(31-21)17(30-21)16-14(29-19)6-5-13(28-16)8-15(25)27-2/h11,13-14,16-20,26H,1,3-9H2,2H3/t11-,13?,14+,16?,17+,18+,19?,20-,21+/m1/s1. The topological polar surface area (TPSA) is 101 Å². The molecule has 0 amide bonds. The lowest BCUT2D eigenvalue weighted by molar-refractivity contribution is -0.298. The van der Waals surface area contributed by atoms with Crippen LogP contribution in [-0.2, 0) is 33.3 Å². The van der Waals surface area contributed by atoms with Crippen molar-refractivity contribution in [3.05, 3.63) is 10.2 Å². The van der Waals surface area contributed by atoms with Crippen molar-refractivity contribution in [1.82, 2.24) is 0 Å². The molecular weight excluding hydrogens is 543 g/mol. The van der Waals surface area contributed by atoms with Gasteiger partial charge in [-0.3, -0.25) is 9.59 Å². The Morgan fingerprint density at radius 3 is 2.61 bits per heavy atom. The Hall–Kier alpha value is -0.300. The van der Waals surface area contributed by atoms with Gasteiger partial charge in [-0.05, 0) is 51.9 Å². The van der Waals surface area contributed by atoms with E-state index in [4.69, 9.17) is 35.3 Å². The number of ketones is 1. The predicted octanol–water partition coefficient (Wildman–Crippen LogP) is 2.40. The Balaban J connectivity index is 1.38. The zero-order valence-electron chi connectivity index (χ0n) is 17.3. The maximum absolute atomic E-state index is 12.6. The third kappa shape index (κ3) is 4.83. The molecule has 2 bridgehead atoms. The van der Waals surface area contributed by atoms with Crippen LogP contribution in [0.1, 0.15) is 44.9 Å². The van der Waals surface area contributed by atoms with Crippen molar-refractivity contribution < 1.29 is 38.4 Å². The molecule has 0 spiro atoms. The van der Waals surface area contributed by atoms with Crippen molar-refractivity contribution in [1.29, 1.82) is 0 Å². The van der Waals surface area contributed by atoms with Gasteiger partial charge < -0.3 is 28.8 Å². The van der Waals surface area contributed by atoms with E-state index in [1.807, 2.05) is 0 Å². The molecule has 4 aliphatic rings. The fourth-order valence-electron chi connectivity index (χ4n) is 5.01. The van der Waals surface area contributed by atoms with E-state index in [9.17, 15) is 14.7 Å². The van der Waals surface area contributed by atoms with E-state index in [2.05, 4.69) is 29.2 Å². The summed E-state index contributed by atoms with van der Waals surface area (Å²) < 4.78 is 30.1. The minimum absolute atomic E-state index is 0.0706. The average Bonchev–Trinajstić information content (AvgIpc) is 3.22. The van der Waals surface area contributed by atoms with E-state index in [1.54, 1.807) is 0 Å². The third-order valence-corrected chi connectivity index (χ3v) is 7.28. The second-order valence-electron chi connectivity index (χ2n) is 8.71. The molecule has 4 rings (SSSR count). The first-order valence-electron chi connectivity index (χ1n) is 10.6. The Morgan fingerprint density at radius 2 is 1.94 bits per heavy atom. The molecule has 9 atom stereocenters. The molecular formula is C21H28ClIO8. The van der Waals surface area contributed by atoms with Crippen molar-refractivity contribution in [2.24, 2.45) is 0 Å². The van der Waals surface area contributed by atoms with Gasteiger partial charge in [-0.15, -0.1) is 11.6 Å². The van der Waals surface area contributed by atoms with Crippen molar-refractivity contribution in [3.63, 3.8) is 0 Å². The number of halogens is 2. The summed E-state index contributed by atoms with van der Waals surface area (Å²) in [5, 5.41) is 10.7. The maximum Gasteiger partial charge on any atom is 0.308 e. The molecule has 3 unspecified atom stereocenters. The molecule has 0 aromatic carbocycles. The first-order chi connectivity index (χ1) is 14.7. The van der Waals surface area contributed by atoms with Crippen LogP contribution in [-0.4, -0.2) is 77.9 Å².